The summed E-state index contributed by atoms with van der Waals surface area (Å²) in [6.45, 7) is -0.219. The van der Waals surface area contributed by atoms with E-state index in [0.29, 0.717) is 11.3 Å². The van der Waals surface area contributed by atoms with Crippen molar-refractivity contribution in [1.82, 2.24) is 10.2 Å². The van der Waals surface area contributed by atoms with Crippen LogP contribution in [0.1, 0.15) is 5.56 Å². The minimum Gasteiger partial charge on any atom is -0.484 e. The highest BCUT2D eigenvalue weighted by atomic mass is 32.1. The van der Waals surface area contributed by atoms with Crippen molar-refractivity contribution in [2.24, 2.45) is 5.73 Å². The lowest BCUT2D eigenvalue weighted by Crippen LogP contribution is -2.52. The Hall–Kier alpha value is -2.74. The molecule has 7 nitrogen and oxygen atoms in total. The van der Waals surface area contributed by atoms with Gasteiger partial charge in [-0.2, -0.15) is 0 Å². The first-order chi connectivity index (χ1) is 10.4. The Balaban J connectivity index is 2.18. The Kier molecular flexibility index (Phi) is 4.52. The van der Waals surface area contributed by atoms with Gasteiger partial charge < -0.3 is 10.5 Å². The zero-order chi connectivity index (χ0) is 16.3. The molecule has 1 aromatic carbocycles. The van der Waals surface area contributed by atoms with Crippen LogP contribution in [0.5, 0.6) is 5.75 Å². The molecular formula is C14H13N3O4S. The molecule has 2 rings (SSSR count). The molecule has 1 aliphatic heterocycles. The fraction of sp³-hybridized carbons (Fsp3) is 0.143. The van der Waals surface area contributed by atoms with Crippen LogP contribution in [-0.4, -0.2) is 41.4 Å². The molecule has 1 aromatic rings. The van der Waals surface area contributed by atoms with Gasteiger partial charge in [-0.05, 0) is 36.0 Å². The Morgan fingerprint density at radius 3 is 2.59 bits per heavy atom. The van der Waals surface area contributed by atoms with Gasteiger partial charge in [0, 0.05) is 7.05 Å². The van der Waals surface area contributed by atoms with Crippen molar-refractivity contribution in [2.75, 3.05) is 13.7 Å². The van der Waals surface area contributed by atoms with E-state index in [4.69, 9.17) is 22.7 Å². The predicted octanol–water partition coefficient (Wildman–Crippen LogP) is -0.193. The van der Waals surface area contributed by atoms with E-state index < -0.39 is 17.7 Å². The number of primary amides is 1. The first-order valence-corrected chi connectivity index (χ1v) is 6.65. The second-order valence-corrected chi connectivity index (χ2v) is 4.89. The molecule has 0 spiro atoms. The largest absolute Gasteiger partial charge is 0.484 e. The maximum atomic E-state index is 12.0. The van der Waals surface area contributed by atoms with Crippen molar-refractivity contribution in [1.29, 1.82) is 0 Å². The maximum absolute atomic E-state index is 12.0. The average molecular weight is 319 g/mol. The number of thiocarbonyl (C=S) groups is 1. The number of nitrogens with one attached hydrogen (secondary N) is 1. The Bertz CT molecular complexity index is 682. The zero-order valence-electron chi connectivity index (χ0n) is 11.7. The molecule has 0 atom stereocenters. The molecule has 0 bridgehead atoms. The maximum Gasteiger partial charge on any atom is 0.265 e. The molecule has 22 heavy (non-hydrogen) atoms. The van der Waals surface area contributed by atoms with Crippen LogP contribution in [0.4, 0.5) is 0 Å². The lowest BCUT2D eigenvalue weighted by Gasteiger charge is -2.25. The summed E-state index contributed by atoms with van der Waals surface area (Å²) in [4.78, 5) is 35.7. The number of rotatable bonds is 4. The highest BCUT2D eigenvalue weighted by Gasteiger charge is 2.30. The molecule has 114 valence electrons. The molecule has 3 N–H and O–H groups in total. The molecule has 1 fully saturated rings. The van der Waals surface area contributed by atoms with Crippen LogP contribution in [0.3, 0.4) is 0 Å². The predicted molar refractivity (Wildman–Crippen MR) is 82.6 cm³/mol. The van der Waals surface area contributed by atoms with Crippen LogP contribution in [0.25, 0.3) is 6.08 Å². The third-order valence-corrected chi connectivity index (χ3v) is 3.25. The summed E-state index contributed by atoms with van der Waals surface area (Å²) in [5, 5.41) is 2.50. The number of nitrogens with two attached hydrogens (primary N) is 1. The summed E-state index contributed by atoms with van der Waals surface area (Å²) >= 11 is 4.86. The van der Waals surface area contributed by atoms with Crippen LogP contribution in [0.2, 0.25) is 0 Å². The number of hydrogen-bond donors (Lipinski definition) is 2. The van der Waals surface area contributed by atoms with Gasteiger partial charge in [-0.1, -0.05) is 12.1 Å². The van der Waals surface area contributed by atoms with Crippen molar-refractivity contribution < 1.29 is 19.1 Å². The van der Waals surface area contributed by atoms with Crippen LogP contribution in [-0.2, 0) is 14.4 Å². The van der Waals surface area contributed by atoms with Crippen molar-refractivity contribution >= 4 is 41.1 Å². The quantitative estimate of drug-likeness (QED) is 0.455. The van der Waals surface area contributed by atoms with E-state index >= 15 is 0 Å². The summed E-state index contributed by atoms with van der Waals surface area (Å²) in [6.07, 6.45) is 1.45. The number of likely N-dealkylation sites (N-methyl/N-ethyl adjacent to an activating group) is 1. The fourth-order valence-corrected chi connectivity index (χ4v) is 1.90. The van der Waals surface area contributed by atoms with Gasteiger partial charge in [0.1, 0.15) is 11.3 Å². The van der Waals surface area contributed by atoms with Gasteiger partial charge in [0.25, 0.3) is 17.7 Å². The summed E-state index contributed by atoms with van der Waals surface area (Å²) in [5.74, 6) is -1.13. The lowest BCUT2D eigenvalue weighted by molar-refractivity contribution is -0.128. The number of ether oxygens (including phenoxy) is 1. The van der Waals surface area contributed by atoms with E-state index in [2.05, 4.69) is 5.32 Å². The van der Waals surface area contributed by atoms with E-state index in [1.165, 1.54) is 18.0 Å². The molecule has 0 saturated carbocycles. The standard InChI is InChI=1S/C14H13N3O4S/c1-17-13(20)10(12(19)16-14(17)22)6-8-2-4-9(5-3-8)21-7-11(15)18/h2-6H,7H2,1H3,(H2,15,18)(H,16,19,22). The van der Waals surface area contributed by atoms with Crippen molar-refractivity contribution in [3.63, 3.8) is 0 Å². The molecule has 3 amide bonds. The lowest BCUT2D eigenvalue weighted by atomic mass is 10.1. The summed E-state index contributed by atoms with van der Waals surface area (Å²) in [7, 11) is 1.48. The van der Waals surface area contributed by atoms with Crippen LogP contribution < -0.4 is 15.8 Å². The number of amides is 3. The molecule has 0 aromatic heterocycles. The molecule has 1 aliphatic rings. The summed E-state index contributed by atoms with van der Waals surface area (Å²) < 4.78 is 5.12. The van der Waals surface area contributed by atoms with Gasteiger partial charge in [0.2, 0.25) is 0 Å². The van der Waals surface area contributed by atoms with Gasteiger partial charge in [-0.25, -0.2) is 0 Å². The van der Waals surface area contributed by atoms with Crippen LogP contribution in [0.15, 0.2) is 29.8 Å². The SMILES string of the molecule is CN1C(=O)C(=Cc2ccc(OCC(N)=O)cc2)C(=O)NC1=S. The van der Waals surface area contributed by atoms with Crippen LogP contribution >= 0.6 is 12.2 Å². The minimum atomic E-state index is -0.574. The smallest absolute Gasteiger partial charge is 0.265 e. The third kappa shape index (κ3) is 3.47. The molecule has 1 saturated heterocycles. The van der Waals surface area contributed by atoms with E-state index in [-0.39, 0.29) is 17.3 Å². The zero-order valence-corrected chi connectivity index (χ0v) is 12.5. The number of carbonyl (C=O) groups is 3. The van der Waals surface area contributed by atoms with Crippen LogP contribution in [0, 0.1) is 0 Å². The van der Waals surface area contributed by atoms with E-state index in [1.54, 1.807) is 24.3 Å². The van der Waals surface area contributed by atoms with Crippen molar-refractivity contribution in [3.05, 3.63) is 35.4 Å². The summed E-state index contributed by atoms with van der Waals surface area (Å²) in [5.41, 5.74) is 5.60. The van der Waals surface area contributed by atoms with E-state index in [1.807, 2.05) is 0 Å². The van der Waals surface area contributed by atoms with Gasteiger partial charge >= 0.3 is 0 Å². The highest BCUT2D eigenvalue weighted by Crippen LogP contribution is 2.17. The first-order valence-electron chi connectivity index (χ1n) is 6.24. The Labute approximate surface area is 131 Å². The third-order valence-electron chi connectivity index (χ3n) is 2.88. The summed E-state index contributed by atoms with van der Waals surface area (Å²) in [6, 6.07) is 6.51. The van der Waals surface area contributed by atoms with Crippen molar-refractivity contribution in [3.8, 4) is 5.75 Å². The highest BCUT2D eigenvalue weighted by molar-refractivity contribution is 7.80. The van der Waals surface area contributed by atoms with Crippen molar-refractivity contribution in [2.45, 2.75) is 0 Å². The van der Waals surface area contributed by atoms with E-state index in [0.717, 1.165) is 0 Å². The fourth-order valence-electron chi connectivity index (χ4n) is 1.73. The molecule has 0 radical (unpaired) electrons. The molecule has 8 heteroatoms. The first kappa shape index (κ1) is 15.6. The van der Waals surface area contributed by atoms with Gasteiger partial charge in [-0.15, -0.1) is 0 Å². The Morgan fingerprint density at radius 1 is 1.36 bits per heavy atom. The van der Waals surface area contributed by atoms with Gasteiger partial charge in [0.05, 0.1) is 0 Å². The minimum absolute atomic E-state index is 0.0121. The Morgan fingerprint density at radius 2 is 2.00 bits per heavy atom. The van der Waals surface area contributed by atoms with E-state index in [9.17, 15) is 14.4 Å². The number of carbonyl (C=O) groups excluding carboxylic acids is 3. The second kappa shape index (κ2) is 6.35. The molecular weight excluding hydrogens is 306 g/mol. The monoisotopic (exact) mass is 319 g/mol. The van der Waals surface area contributed by atoms with Gasteiger partial charge in [0.15, 0.2) is 11.7 Å². The average Bonchev–Trinajstić information content (AvgIpc) is 2.48. The number of benzene rings is 1. The second-order valence-electron chi connectivity index (χ2n) is 4.51. The molecule has 0 unspecified atom stereocenters. The normalized spacial score (nSPS) is 16.7. The van der Waals surface area contributed by atoms with Gasteiger partial charge in [-0.3, -0.25) is 24.6 Å². The molecule has 1 heterocycles. The molecule has 0 aliphatic carbocycles. The number of nitrogens with zero attached hydrogens (tertiary/aromatic N) is 1. The number of hydrogen-bond acceptors (Lipinski definition) is 5. The topological polar surface area (TPSA) is 102 Å².